The van der Waals surface area contributed by atoms with Gasteiger partial charge in [0, 0.05) is 10.0 Å². The molecule has 5 nitrogen and oxygen atoms in total. The van der Waals surface area contributed by atoms with E-state index in [4.69, 9.17) is 9.47 Å². The number of hydrogen-bond donors (Lipinski definition) is 1. The van der Waals surface area contributed by atoms with Crippen molar-refractivity contribution in [2.45, 2.75) is 13.5 Å². The number of nitrogens with one attached hydrogen (secondary N) is 1. The van der Waals surface area contributed by atoms with Crippen molar-refractivity contribution in [2.75, 3.05) is 6.61 Å². The Bertz CT molecular complexity index is 1390. The Hall–Kier alpha value is -3.70. The highest BCUT2D eigenvalue weighted by atomic mass is 79.9. The van der Waals surface area contributed by atoms with E-state index in [2.05, 4.69) is 32.0 Å². The monoisotopic (exact) mass is 509 g/mol. The molecular formula is C25H18BrF2N3O2. The van der Waals surface area contributed by atoms with Crippen LogP contribution in [0, 0.1) is 23.0 Å². The third kappa shape index (κ3) is 5.04. The number of H-pyrrole nitrogens is 1. The van der Waals surface area contributed by atoms with Gasteiger partial charge in [0.25, 0.3) is 0 Å². The zero-order valence-electron chi connectivity index (χ0n) is 17.5. The summed E-state index contributed by atoms with van der Waals surface area (Å²) in [6.45, 7) is 2.26. The number of ether oxygens (including phenoxy) is 2. The molecule has 4 rings (SSSR count). The first-order chi connectivity index (χ1) is 16.0. The van der Waals surface area contributed by atoms with Crippen molar-refractivity contribution in [1.82, 2.24) is 9.97 Å². The summed E-state index contributed by atoms with van der Waals surface area (Å²) < 4.78 is 39.6. The predicted octanol–water partition coefficient (Wildman–Crippen LogP) is 6.65. The number of nitrogens with zero attached hydrogens (tertiary/aromatic N) is 2. The normalized spacial score (nSPS) is 11.4. The van der Waals surface area contributed by atoms with Crippen molar-refractivity contribution >= 4 is 38.6 Å². The van der Waals surface area contributed by atoms with Crippen LogP contribution in [0.4, 0.5) is 8.78 Å². The van der Waals surface area contributed by atoms with Gasteiger partial charge in [0.2, 0.25) is 0 Å². The molecule has 4 aromatic rings. The van der Waals surface area contributed by atoms with Gasteiger partial charge in [0.1, 0.15) is 30.1 Å². The molecular weight excluding hydrogens is 492 g/mol. The first-order valence-corrected chi connectivity index (χ1v) is 10.9. The van der Waals surface area contributed by atoms with Crippen LogP contribution in [0.15, 0.2) is 59.1 Å². The lowest BCUT2D eigenvalue weighted by atomic mass is 10.1. The van der Waals surface area contributed by atoms with E-state index in [1.165, 1.54) is 18.2 Å². The van der Waals surface area contributed by atoms with Crippen LogP contribution in [0.5, 0.6) is 11.5 Å². The first-order valence-electron chi connectivity index (χ1n) is 10.1. The van der Waals surface area contributed by atoms with E-state index in [0.29, 0.717) is 50.6 Å². The second-order valence-electron chi connectivity index (χ2n) is 7.05. The van der Waals surface area contributed by atoms with Crippen LogP contribution >= 0.6 is 15.9 Å². The molecule has 0 saturated heterocycles. The van der Waals surface area contributed by atoms with Crippen LogP contribution in [0.3, 0.4) is 0 Å². The quantitative estimate of drug-likeness (QED) is 0.283. The fourth-order valence-electron chi connectivity index (χ4n) is 3.23. The van der Waals surface area contributed by atoms with Crippen LogP contribution in [0.2, 0.25) is 0 Å². The van der Waals surface area contributed by atoms with Gasteiger partial charge in [0.15, 0.2) is 11.5 Å². The number of nitriles is 1. The molecule has 0 unspecified atom stereocenters. The summed E-state index contributed by atoms with van der Waals surface area (Å²) in [5.74, 6) is 0.464. The Labute approximate surface area is 197 Å². The van der Waals surface area contributed by atoms with Crippen LogP contribution < -0.4 is 9.47 Å². The molecule has 8 heteroatoms. The summed E-state index contributed by atoms with van der Waals surface area (Å²) in [6.07, 6.45) is 1.64. The smallest absolute Gasteiger partial charge is 0.162 e. The van der Waals surface area contributed by atoms with Gasteiger partial charge in [-0.25, -0.2) is 13.8 Å². The molecule has 0 radical (unpaired) electrons. The second kappa shape index (κ2) is 9.84. The largest absolute Gasteiger partial charge is 0.490 e. The van der Waals surface area contributed by atoms with Crippen molar-refractivity contribution in [3.63, 3.8) is 0 Å². The average molecular weight is 510 g/mol. The molecule has 0 atom stereocenters. The lowest BCUT2D eigenvalue weighted by Crippen LogP contribution is -2.02. The van der Waals surface area contributed by atoms with Crippen LogP contribution in [0.25, 0.3) is 22.7 Å². The molecule has 1 aromatic heterocycles. The second-order valence-corrected chi connectivity index (χ2v) is 7.90. The topological polar surface area (TPSA) is 70.9 Å². The Morgan fingerprint density at radius 1 is 1.12 bits per heavy atom. The number of rotatable bonds is 7. The number of halogens is 3. The zero-order valence-corrected chi connectivity index (χ0v) is 19.1. The number of hydrogen-bond acceptors (Lipinski definition) is 4. The van der Waals surface area contributed by atoms with Crippen LogP contribution in [-0.2, 0) is 6.61 Å². The summed E-state index contributed by atoms with van der Waals surface area (Å²) >= 11 is 3.50. The molecule has 0 fully saturated rings. The summed E-state index contributed by atoms with van der Waals surface area (Å²) in [6, 6.07) is 16.1. The number of aromatic amines is 1. The van der Waals surface area contributed by atoms with Gasteiger partial charge in [-0.05, 0) is 55.0 Å². The molecule has 0 aliphatic rings. The molecule has 3 aromatic carbocycles. The van der Waals surface area contributed by atoms with E-state index in [9.17, 15) is 14.0 Å². The number of fused-ring (bicyclic) bond motifs is 1. The third-order valence-corrected chi connectivity index (χ3v) is 5.51. The highest BCUT2D eigenvalue weighted by Gasteiger charge is 2.14. The Kier molecular flexibility index (Phi) is 6.71. The average Bonchev–Trinajstić information content (AvgIpc) is 3.22. The van der Waals surface area contributed by atoms with Gasteiger partial charge in [-0.3, -0.25) is 0 Å². The fourth-order valence-corrected chi connectivity index (χ4v) is 3.67. The maximum absolute atomic E-state index is 13.9. The predicted molar refractivity (Wildman–Crippen MR) is 126 cm³/mol. The zero-order chi connectivity index (χ0) is 23.4. The first kappa shape index (κ1) is 22.5. The summed E-state index contributed by atoms with van der Waals surface area (Å²) in [5, 5.41) is 9.72. The molecule has 0 aliphatic heterocycles. The fraction of sp³-hybridized carbons (Fsp3) is 0.120. The van der Waals surface area contributed by atoms with Gasteiger partial charge in [-0.1, -0.05) is 34.1 Å². The van der Waals surface area contributed by atoms with E-state index >= 15 is 0 Å². The van der Waals surface area contributed by atoms with E-state index in [0.717, 1.165) is 0 Å². The van der Waals surface area contributed by atoms with E-state index in [-0.39, 0.29) is 18.0 Å². The van der Waals surface area contributed by atoms with Crippen LogP contribution in [-0.4, -0.2) is 16.6 Å². The van der Waals surface area contributed by atoms with E-state index in [1.807, 2.05) is 6.92 Å². The van der Waals surface area contributed by atoms with Crippen molar-refractivity contribution in [2.24, 2.45) is 0 Å². The molecule has 1 N–H and O–H groups in total. The van der Waals surface area contributed by atoms with Gasteiger partial charge in [-0.15, -0.1) is 0 Å². The molecule has 0 saturated carbocycles. The SMILES string of the molecule is CCOc1cc(/C=C(/C#N)c2nc3ccc(F)cc3[nH]2)c(Br)cc1OCc1ccccc1F. The summed E-state index contributed by atoms with van der Waals surface area (Å²) in [7, 11) is 0. The summed E-state index contributed by atoms with van der Waals surface area (Å²) in [4.78, 5) is 7.35. The number of allylic oxidation sites excluding steroid dienone is 1. The molecule has 33 heavy (non-hydrogen) atoms. The van der Waals surface area contributed by atoms with Crippen molar-refractivity contribution in [1.29, 1.82) is 5.26 Å². The van der Waals surface area contributed by atoms with E-state index < -0.39 is 5.82 Å². The van der Waals surface area contributed by atoms with Crippen molar-refractivity contribution < 1.29 is 18.3 Å². The number of benzene rings is 3. The minimum absolute atomic E-state index is 0.0351. The van der Waals surface area contributed by atoms with Crippen LogP contribution in [0.1, 0.15) is 23.9 Å². The summed E-state index contributed by atoms with van der Waals surface area (Å²) in [5.41, 5.74) is 2.39. The van der Waals surface area contributed by atoms with Gasteiger partial charge in [0.05, 0.1) is 23.2 Å². The van der Waals surface area contributed by atoms with Gasteiger partial charge < -0.3 is 14.5 Å². The Morgan fingerprint density at radius 3 is 2.67 bits per heavy atom. The maximum atomic E-state index is 13.9. The van der Waals surface area contributed by atoms with E-state index in [1.54, 1.807) is 42.5 Å². The standard InChI is InChI=1S/C25H18BrF2N3O2/c1-2-32-23-10-16(19(26)12-24(23)33-14-15-5-3-4-6-20(15)28)9-17(13-29)25-30-21-8-7-18(27)11-22(21)31-25/h3-12H,2,14H2,1H3,(H,30,31)/b17-9-. The molecule has 0 bridgehead atoms. The maximum Gasteiger partial charge on any atom is 0.162 e. The molecule has 1 heterocycles. The molecule has 0 spiro atoms. The molecule has 0 amide bonds. The molecule has 0 aliphatic carbocycles. The minimum Gasteiger partial charge on any atom is -0.490 e. The highest BCUT2D eigenvalue weighted by Crippen LogP contribution is 2.36. The minimum atomic E-state index is -0.393. The molecule has 166 valence electrons. The Balaban J connectivity index is 1.67. The number of aromatic nitrogens is 2. The number of imidazole rings is 1. The van der Waals surface area contributed by atoms with Gasteiger partial charge >= 0.3 is 0 Å². The third-order valence-electron chi connectivity index (χ3n) is 4.82. The lowest BCUT2D eigenvalue weighted by molar-refractivity contribution is 0.265. The lowest BCUT2D eigenvalue weighted by Gasteiger charge is -2.14. The van der Waals surface area contributed by atoms with Crippen molar-refractivity contribution in [3.8, 4) is 17.6 Å². The Morgan fingerprint density at radius 2 is 1.91 bits per heavy atom. The highest BCUT2D eigenvalue weighted by molar-refractivity contribution is 9.10. The van der Waals surface area contributed by atoms with Crippen molar-refractivity contribution in [3.05, 3.63) is 87.7 Å². The van der Waals surface area contributed by atoms with Gasteiger partial charge in [-0.2, -0.15) is 5.26 Å².